The van der Waals surface area contributed by atoms with Crippen LogP contribution in [0, 0.1) is 5.92 Å². The Morgan fingerprint density at radius 3 is 2.46 bits per heavy atom. The van der Waals surface area contributed by atoms with Crippen molar-refractivity contribution < 1.29 is 14.7 Å². The fraction of sp³-hybridized carbons (Fsp3) is 0.400. The summed E-state index contributed by atoms with van der Waals surface area (Å²) >= 11 is 0. The number of rotatable bonds is 5. The van der Waals surface area contributed by atoms with Gasteiger partial charge in [-0.25, -0.2) is 4.79 Å². The predicted octanol–water partition coefficient (Wildman–Crippen LogP) is 1.80. The second-order valence-corrected chi connectivity index (χ2v) is 3.13. The summed E-state index contributed by atoms with van der Waals surface area (Å²) in [6.07, 6.45) is 2.18. The Labute approximate surface area is 77.8 Å². The highest BCUT2D eigenvalue weighted by molar-refractivity contribution is 5.91. The average Bonchev–Trinajstić information content (AvgIpc) is 1.97. The monoisotopic (exact) mass is 182 g/mol. The summed E-state index contributed by atoms with van der Waals surface area (Å²) in [5.74, 6) is -1.21. The van der Waals surface area contributed by atoms with Gasteiger partial charge >= 0.3 is 5.97 Å². The van der Waals surface area contributed by atoms with Crippen molar-refractivity contribution in [1.82, 2.24) is 0 Å². The first-order chi connectivity index (χ1) is 5.99. The van der Waals surface area contributed by atoms with Crippen molar-refractivity contribution in [2.24, 2.45) is 5.92 Å². The second kappa shape index (κ2) is 5.30. The Morgan fingerprint density at radius 2 is 2.15 bits per heavy atom. The summed E-state index contributed by atoms with van der Waals surface area (Å²) < 4.78 is 0. The van der Waals surface area contributed by atoms with E-state index in [1.807, 2.05) is 6.92 Å². The molecule has 0 amide bonds. The zero-order chi connectivity index (χ0) is 10.4. The fourth-order valence-corrected chi connectivity index (χ4v) is 1.15. The molecule has 0 fully saturated rings. The number of carbonyl (C=O) groups excluding carboxylic acids is 1. The number of carboxylic acid groups (broad SMARTS) is 1. The van der Waals surface area contributed by atoms with Crippen LogP contribution in [0.4, 0.5) is 0 Å². The van der Waals surface area contributed by atoms with Crippen LogP contribution in [-0.4, -0.2) is 17.4 Å². The lowest BCUT2D eigenvalue weighted by atomic mass is 9.94. The minimum atomic E-state index is -1.04. The minimum absolute atomic E-state index is 0.137. The van der Waals surface area contributed by atoms with E-state index in [9.17, 15) is 9.59 Å². The number of allylic oxidation sites excluding steroid dienone is 2. The van der Waals surface area contributed by atoms with Gasteiger partial charge in [0.2, 0.25) is 0 Å². The highest BCUT2D eigenvalue weighted by atomic mass is 16.4. The SMILES string of the molecule is C=C(C)CC(C)C(=CC=O)C(=O)O. The molecular formula is C10H14O3. The van der Waals surface area contributed by atoms with Gasteiger partial charge < -0.3 is 5.11 Å². The molecule has 0 bridgehead atoms. The van der Waals surface area contributed by atoms with Gasteiger partial charge in [0.15, 0.2) is 0 Å². The van der Waals surface area contributed by atoms with Crippen molar-refractivity contribution >= 4 is 12.3 Å². The van der Waals surface area contributed by atoms with Gasteiger partial charge in [-0.2, -0.15) is 0 Å². The predicted molar refractivity (Wildman–Crippen MR) is 50.4 cm³/mol. The molecule has 0 aromatic rings. The molecule has 0 spiro atoms. The van der Waals surface area contributed by atoms with E-state index in [2.05, 4.69) is 6.58 Å². The van der Waals surface area contributed by atoms with Crippen LogP contribution in [0.15, 0.2) is 23.8 Å². The standard InChI is InChI=1S/C10H14O3/c1-7(2)6-8(3)9(4-5-11)10(12)13/h4-5,8H,1,6H2,2-3H3,(H,12,13). The van der Waals surface area contributed by atoms with Crippen LogP contribution >= 0.6 is 0 Å². The summed E-state index contributed by atoms with van der Waals surface area (Å²) in [6.45, 7) is 7.28. The maximum absolute atomic E-state index is 10.7. The number of aldehydes is 1. The lowest BCUT2D eigenvalue weighted by molar-refractivity contribution is -0.133. The van der Waals surface area contributed by atoms with Gasteiger partial charge in [0.1, 0.15) is 6.29 Å². The molecule has 1 unspecified atom stereocenters. The van der Waals surface area contributed by atoms with E-state index < -0.39 is 5.97 Å². The highest BCUT2D eigenvalue weighted by Crippen LogP contribution is 2.18. The van der Waals surface area contributed by atoms with Crippen LogP contribution in [0.3, 0.4) is 0 Å². The summed E-state index contributed by atoms with van der Waals surface area (Å²) in [7, 11) is 0. The molecule has 0 aromatic heterocycles. The van der Waals surface area contributed by atoms with Crippen LogP contribution < -0.4 is 0 Å². The molecule has 0 aliphatic heterocycles. The molecule has 0 aliphatic carbocycles. The molecular weight excluding hydrogens is 168 g/mol. The van der Waals surface area contributed by atoms with E-state index in [0.29, 0.717) is 12.7 Å². The first-order valence-electron chi connectivity index (χ1n) is 4.02. The van der Waals surface area contributed by atoms with E-state index in [1.54, 1.807) is 6.92 Å². The molecule has 3 nitrogen and oxygen atoms in total. The highest BCUT2D eigenvalue weighted by Gasteiger charge is 2.15. The van der Waals surface area contributed by atoms with Gasteiger partial charge in [0, 0.05) is 5.57 Å². The summed E-state index contributed by atoms with van der Waals surface area (Å²) in [6, 6.07) is 0. The minimum Gasteiger partial charge on any atom is -0.478 e. The molecule has 0 heterocycles. The normalized spacial score (nSPS) is 13.5. The van der Waals surface area contributed by atoms with Gasteiger partial charge in [-0.1, -0.05) is 12.5 Å². The Morgan fingerprint density at radius 1 is 1.62 bits per heavy atom. The van der Waals surface area contributed by atoms with Crippen LogP contribution in [-0.2, 0) is 9.59 Å². The molecule has 0 aliphatic rings. The third-order valence-electron chi connectivity index (χ3n) is 1.68. The van der Waals surface area contributed by atoms with E-state index in [0.717, 1.165) is 11.6 Å². The number of aliphatic carboxylic acids is 1. The van der Waals surface area contributed by atoms with Crippen LogP contribution in [0.2, 0.25) is 0 Å². The van der Waals surface area contributed by atoms with Crippen molar-refractivity contribution in [2.75, 3.05) is 0 Å². The van der Waals surface area contributed by atoms with Crippen LogP contribution in [0.1, 0.15) is 20.3 Å². The van der Waals surface area contributed by atoms with Crippen LogP contribution in [0.25, 0.3) is 0 Å². The topological polar surface area (TPSA) is 54.4 Å². The van der Waals surface area contributed by atoms with Crippen molar-refractivity contribution in [1.29, 1.82) is 0 Å². The molecule has 72 valence electrons. The zero-order valence-electron chi connectivity index (χ0n) is 7.91. The fourth-order valence-electron chi connectivity index (χ4n) is 1.15. The Kier molecular flexibility index (Phi) is 4.74. The van der Waals surface area contributed by atoms with E-state index in [4.69, 9.17) is 5.11 Å². The number of hydrogen-bond donors (Lipinski definition) is 1. The zero-order valence-corrected chi connectivity index (χ0v) is 7.91. The Bertz CT molecular complexity index is 251. The summed E-state index contributed by atoms with van der Waals surface area (Å²) in [5.41, 5.74) is 1.04. The van der Waals surface area contributed by atoms with Crippen LogP contribution in [0.5, 0.6) is 0 Å². The van der Waals surface area contributed by atoms with Gasteiger partial charge in [0.05, 0.1) is 0 Å². The molecule has 0 saturated carbocycles. The third kappa shape index (κ3) is 4.25. The van der Waals surface area contributed by atoms with Crippen molar-refractivity contribution in [3.8, 4) is 0 Å². The van der Waals surface area contributed by atoms with Gasteiger partial charge in [-0.05, 0) is 25.3 Å². The first-order valence-corrected chi connectivity index (χ1v) is 4.02. The molecule has 0 radical (unpaired) electrons. The second-order valence-electron chi connectivity index (χ2n) is 3.13. The van der Waals surface area contributed by atoms with E-state index >= 15 is 0 Å². The van der Waals surface area contributed by atoms with Crippen molar-refractivity contribution in [3.05, 3.63) is 23.8 Å². The van der Waals surface area contributed by atoms with E-state index in [1.165, 1.54) is 0 Å². The third-order valence-corrected chi connectivity index (χ3v) is 1.68. The molecule has 1 N–H and O–H groups in total. The molecule has 0 rings (SSSR count). The Balaban J connectivity index is 4.56. The first kappa shape index (κ1) is 11.6. The smallest absolute Gasteiger partial charge is 0.331 e. The van der Waals surface area contributed by atoms with Gasteiger partial charge in [-0.3, -0.25) is 4.79 Å². The number of hydrogen-bond acceptors (Lipinski definition) is 2. The molecule has 13 heavy (non-hydrogen) atoms. The molecule has 0 aromatic carbocycles. The quantitative estimate of drug-likeness (QED) is 0.400. The number of carboxylic acids is 1. The Hall–Kier alpha value is -1.38. The summed E-state index contributed by atoms with van der Waals surface area (Å²) in [5, 5.41) is 8.73. The lowest BCUT2D eigenvalue weighted by Crippen LogP contribution is -2.10. The van der Waals surface area contributed by atoms with E-state index in [-0.39, 0.29) is 11.5 Å². The number of carbonyl (C=O) groups is 2. The van der Waals surface area contributed by atoms with Crippen molar-refractivity contribution in [3.63, 3.8) is 0 Å². The largest absolute Gasteiger partial charge is 0.478 e. The summed E-state index contributed by atoms with van der Waals surface area (Å²) in [4.78, 5) is 20.8. The maximum Gasteiger partial charge on any atom is 0.331 e. The average molecular weight is 182 g/mol. The van der Waals surface area contributed by atoms with Gasteiger partial charge in [0.25, 0.3) is 0 Å². The maximum atomic E-state index is 10.7. The lowest BCUT2D eigenvalue weighted by Gasteiger charge is -2.10. The molecule has 3 heteroatoms. The molecule has 1 atom stereocenters. The van der Waals surface area contributed by atoms with Gasteiger partial charge in [-0.15, -0.1) is 6.58 Å². The molecule has 0 saturated heterocycles. The van der Waals surface area contributed by atoms with Crippen molar-refractivity contribution in [2.45, 2.75) is 20.3 Å².